The van der Waals surface area contributed by atoms with Crippen LogP contribution in [0.4, 0.5) is 87.8 Å². The van der Waals surface area contributed by atoms with E-state index in [1.165, 1.54) is 0 Å². The zero-order valence-corrected chi connectivity index (χ0v) is 34.0. The summed E-state index contributed by atoms with van der Waals surface area (Å²) < 4.78 is 307. The molecule has 1 fully saturated rings. The maximum absolute atomic E-state index is 16.1. The summed E-state index contributed by atoms with van der Waals surface area (Å²) in [7, 11) is 0. The van der Waals surface area contributed by atoms with Crippen LogP contribution in [0.3, 0.4) is 0 Å². The number of H-pyrrole nitrogens is 2. The lowest BCUT2D eigenvalue weighted by Gasteiger charge is -2.16. The molecule has 8 bridgehead atoms. The van der Waals surface area contributed by atoms with Gasteiger partial charge < -0.3 is 15.3 Å². The summed E-state index contributed by atoms with van der Waals surface area (Å²) in [5.41, 5.74) is -19.5. The molecule has 0 radical (unpaired) electrons. The predicted octanol–water partition coefficient (Wildman–Crippen LogP) is 13.4. The predicted molar refractivity (Wildman–Crippen MR) is 209 cm³/mol. The molecule has 3 aromatic heterocycles. The van der Waals surface area contributed by atoms with Gasteiger partial charge in [-0.1, -0.05) is 0 Å². The van der Waals surface area contributed by atoms with Gasteiger partial charge in [-0.05, 0) is 36.4 Å². The van der Waals surface area contributed by atoms with Crippen molar-refractivity contribution < 1.29 is 87.8 Å². The fourth-order valence-corrected chi connectivity index (χ4v) is 8.95. The van der Waals surface area contributed by atoms with Crippen molar-refractivity contribution in [2.24, 2.45) is 0 Å². The Morgan fingerprint density at radius 3 is 0.901 bits per heavy atom. The van der Waals surface area contributed by atoms with E-state index in [0.29, 0.717) is 36.4 Å². The van der Waals surface area contributed by atoms with Gasteiger partial charge in [0.15, 0.2) is 93.1 Å². The van der Waals surface area contributed by atoms with Crippen molar-refractivity contribution in [3.63, 3.8) is 0 Å². The normalized spacial score (nSPS) is 15.4. The minimum Gasteiger partial charge on any atom is -0.354 e. The molecule has 3 N–H and O–H groups in total. The third-order valence-electron chi connectivity index (χ3n) is 12.1. The van der Waals surface area contributed by atoms with Gasteiger partial charge in [-0.3, -0.25) is 4.98 Å². The molecule has 6 heterocycles. The average Bonchev–Trinajstić information content (AvgIpc) is 4.23. The summed E-state index contributed by atoms with van der Waals surface area (Å²) in [4.78, 5) is 12.9. The molecule has 2 atom stereocenters. The highest BCUT2D eigenvalue weighted by Gasteiger charge is 2.44. The summed E-state index contributed by atoms with van der Waals surface area (Å²) in [6.45, 7) is -0.903. The van der Waals surface area contributed by atoms with Crippen molar-refractivity contribution in [3.8, 4) is 44.5 Å². The van der Waals surface area contributed by atoms with Crippen molar-refractivity contribution in [1.29, 1.82) is 0 Å². The second-order valence-electron chi connectivity index (χ2n) is 15.8. The summed E-state index contributed by atoms with van der Waals surface area (Å²) >= 11 is 0. The molecule has 0 aliphatic carbocycles. The van der Waals surface area contributed by atoms with E-state index >= 15 is 70.2 Å². The number of aromatic amines is 2. The molecule has 25 heteroatoms. The monoisotopic (exact) mass is 1020 g/mol. The van der Waals surface area contributed by atoms with E-state index in [1.807, 2.05) is 0 Å². The zero-order valence-electron chi connectivity index (χ0n) is 34.0. The van der Waals surface area contributed by atoms with Crippen LogP contribution in [0.5, 0.6) is 0 Å². The number of hydrogen-bond acceptors (Lipinski definition) is 3. The molecule has 364 valence electrons. The Balaban J connectivity index is 1.53. The average molecular weight is 1020 g/mol. The van der Waals surface area contributed by atoms with Gasteiger partial charge in [-0.25, -0.2) is 92.8 Å². The molecule has 4 aromatic carbocycles. The quantitative estimate of drug-likeness (QED) is 0.0935. The molecule has 0 amide bonds. The number of nitrogens with one attached hydrogen (secondary N) is 3. The molecule has 0 unspecified atom stereocenters. The van der Waals surface area contributed by atoms with Crippen molar-refractivity contribution >= 4 is 34.2 Å². The van der Waals surface area contributed by atoms with Gasteiger partial charge in [0.2, 0.25) is 23.3 Å². The molecule has 3 aliphatic heterocycles. The molecule has 1 saturated heterocycles. The van der Waals surface area contributed by atoms with Gasteiger partial charge >= 0.3 is 0 Å². The van der Waals surface area contributed by atoms with Crippen molar-refractivity contribution in [1.82, 2.24) is 25.3 Å². The van der Waals surface area contributed by atoms with Crippen LogP contribution >= 0.6 is 0 Å². The second kappa shape index (κ2) is 16.4. The van der Waals surface area contributed by atoms with Gasteiger partial charge in [0.25, 0.3) is 0 Å². The first-order chi connectivity index (χ1) is 33.6. The number of hydrogen-bond donors (Lipinski definition) is 3. The number of aromatic nitrogens is 4. The molecule has 5 nitrogen and oxygen atoms in total. The van der Waals surface area contributed by atoms with Gasteiger partial charge in [0.05, 0.1) is 45.0 Å². The molecule has 0 spiro atoms. The van der Waals surface area contributed by atoms with Gasteiger partial charge in [0, 0.05) is 69.2 Å². The Morgan fingerprint density at radius 1 is 0.282 bits per heavy atom. The van der Waals surface area contributed by atoms with Crippen molar-refractivity contribution in [2.45, 2.75) is 11.8 Å². The summed E-state index contributed by atoms with van der Waals surface area (Å²) in [6, 6.07) is 2.70. The number of nitrogens with zero attached hydrogens (tertiary/aromatic N) is 2. The topological polar surface area (TPSA) is 69.4 Å². The molecule has 71 heavy (non-hydrogen) atoms. The van der Waals surface area contributed by atoms with Crippen LogP contribution in [-0.2, 0) is 0 Å². The SMILES string of the molecule is Fc1c(F)c(F)c(-c2c3nc(c(-c4c(F)c(F)c(F)c(F)c4F)c4ccc([nH]4)c(-c4c(F)c(F)c(F)c(F)c4F)c4ccc([nH]4)c(-c4c(F)c(F)c(F)c(F)c4F)c4nc2[C@H]2CNC[C@@H]42)C=C3)c(F)c1F. The number of fused-ring (bicyclic) bond motifs is 11. The lowest BCUT2D eigenvalue weighted by molar-refractivity contribution is 0.381. The Labute approximate surface area is 379 Å². The van der Waals surface area contributed by atoms with Crippen molar-refractivity contribution in [2.75, 3.05) is 13.1 Å². The molecule has 3 aliphatic rings. The lowest BCUT2D eigenvalue weighted by Crippen LogP contribution is -2.11. The van der Waals surface area contributed by atoms with Crippen LogP contribution in [0, 0.1) is 116 Å². The highest BCUT2D eigenvalue weighted by Crippen LogP contribution is 2.51. The van der Waals surface area contributed by atoms with E-state index in [-0.39, 0.29) is 0 Å². The van der Waals surface area contributed by atoms with E-state index in [9.17, 15) is 17.6 Å². The van der Waals surface area contributed by atoms with E-state index in [1.54, 1.807) is 0 Å². The fraction of sp³-hybridized carbons (Fsp3) is 0.0870. The van der Waals surface area contributed by atoms with Gasteiger partial charge in [-0.2, -0.15) is 0 Å². The number of rotatable bonds is 4. The van der Waals surface area contributed by atoms with Crippen LogP contribution in [0.25, 0.3) is 78.7 Å². The van der Waals surface area contributed by atoms with Crippen LogP contribution in [0.15, 0.2) is 24.3 Å². The maximum atomic E-state index is 16.1. The Bertz CT molecular complexity index is 3670. The third kappa shape index (κ3) is 6.60. The molecule has 0 saturated carbocycles. The molecular weight excluding hydrogens is 1000 g/mol. The molecular formula is C46H15F20N5. The number of halogens is 20. The fourth-order valence-electron chi connectivity index (χ4n) is 8.95. The van der Waals surface area contributed by atoms with Crippen LogP contribution in [0.1, 0.15) is 34.6 Å². The Kier molecular flexibility index (Phi) is 10.9. The summed E-state index contributed by atoms with van der Waals surface area (Å²) in [6.07, 6.45) is 1.28. The highest BCUT2D eigenvalue weighted by molar-refractivity contribution is 5.99. The largest absolute Gasteiger partial charge is 0.354 e. The van der Waals surface area contributed by atoms with Crippen LogP contribution in [-0.4, -0.2) is 33.0 Å². The first-order valence-corrected chi connectivity index (χ1v) is 19.8. The Hall–Kier alpha value is -7.70. The maximum Gasteiger partial charge on any atom is 0.200 e. The first kappa shape index (κ1) is 47.0. The van der Waals surface area contributed by atoms with E-state index in [0.717, 1.165) is 0 Å². The second-order valence-corrected chi connectivity index (χ2v) is 15.8. The van der Waals surface area contributed by atoms with Crippen LogP contribution in [0.2, 0.25) is 0 Å². The minimum absolute atomic E-state index is 0.450. The van der Waals surface area contributed by atoms with Crippen LogP contribution < -0.4 is 5.32 Å². The smallest absolute Gasteiger partial charge is 0.200 e. The minimum atomic E-state index is -2.71. The zero-order chi connectivity index (χ0) is 51.1. The summed E-state index contributed by atoms with van der Waals surface area (Å²) in [5.74, 6) is -55.3. The summed E-state index contributed by atoms with van der Waals surface area (Å²) in [5, 5.41) is 2.75. The Morgan fingerprint density at radius 2 is 0.535 bits per heavy atom. The highest BCUT2D eigenvalue weighted by atomic mass is 19.2. The van der Waals surface area contributed by atoms with Gasteiger partial charge in [-0.15, -0.1) is 0 Å². The van der Waals surface area contributed by atoms with E-state index in [4.69, 9.17) is 0 Å². The third-order valence-corrected chi connectivity index (χ3v) is 12.1. The van der Waals surface area contributed by atoms with E-state index < -0.39 is 231 Å². The molecule has 10 rings (SSSR count). The lowest BCUT2D eigenvalue weighted by atomic mass is 9.86. The number of benzene rings is 4. The van der Waals surface area contributed by atoms with Gasteiger partial charge in [0.1, 0.15) is 0 Å². The standard InChI is InChI=1S/C46H15F20N5/c47-25-21(26(48)34(56)41(63)33(25)55)17-11-1-2-12(68-11)18(22-27(49)35(57)42(64)36(58)28(22)50)14-4-6-16(70-14)20(24-31(53)39(61)44(66)40(62)32(24)54)46-10-8-67-7-9(10)45(71-46)19(15-5-3-13(17)69-15)23-29(51)37(59)43(65)38(60)30(23)52/h1-6,9-10,67-69H,7-8H2/t9-,10+/m1/s1. The molecule has 7 aromatic rings. The van der Waals surface area contributed by atoms with E-state index in [2.05, 4.69) is 25.3 Å². The first-order valence-electron chi connectivity index (χ1n) is 19.8. The van der Waals surface area contributed by atoms with Crippen molar-refractivity contribution in [3.05, 3.63) is 163 Å².